The van der Waals surface area contributed by atoms with Gasteiger partial charge in [-0.2, -0.15) is 5.10 Å². The normalized spacial score (nSPS) is 10.3. The number of hydrogen-bond acceptors (Lipinski definition) is 3. The molecule has 0 radical (unpaired) electrons. The van der Waals surface area contributed by atoms with Gasteiger partial charge in [-0.25, -0.2) is 4.68 Å². The lowest BCUT2D eigenvalue weighted by molar-refractivity contribution is 0.640. The molecule has 4 nitrogen and oxygen atoms in total. The molecule has 0 bridgehead atoms. The maximum absolute atomic E-state index is 11.8. The van der Waals surface area contributed by atoms with Crippen LogP contribution in [0.5, 0.6) is 0 Å². The number of halogens is 1. The highest BCUT2D eigenvalue weighted by Crippen LogP contribution is 2.15. The molecular formula is C13H14ClN3O. The minimum absolute atomic E-state index is 0.145. The fraction of sp³-hybridized carbons (Fsp3) is 0.231. The number of aromatic nitrogens is 2. The van der Waals surface area contributed by atoms with Crippen molar-refractivity contribution in [3.63, 3.8) is 0 Å². The predicted octanol–water partition coefficient (Wildman–Crippen LogP) is 2.38. The molecule has 2 aromatic rings. The summed E-state index contributed by atoms with van der Waals surface area (Å²) in [4.78, 5) is 11.8. The van der Waals surface area contributed by atoms with E-state index in [1.807, 2.05) is 25.1 Å². The summed E-state index contributed by atoms with van der Waals surface area (Å²) < 4.78 is 1.39. The van der Waals surface area contributed by atoms with Crippen LogP contribution in [0.4, 0.5) is 5.69 Å². The van der Waals surface area contributed by atoms with Gasteiger partial charge in [0.2, 0.25) is 0 Å². The number of rotatable bonds is 4. The molecule has 94 valence electrons. The molecule has 0 unspecified atom stereocenters. The lowest BCUT2D eigenvalue weighted by Crippen LogP contribution is -2.23. The van der Waals surface area contributed by atoms with Gasteiger partial charge in [0.05, 0.1) is 18.4 Å². The maximum atomic E-state index is 11.8. The number of benzene rings is 1. The average Bonchev–Trinajstić information content (AvgIpc) is 2.35. The van der Waals surface area contributed by atoms with Gasteiger partial charge in [0, 0.05) is 17.6 Å². The van der Waals surface area contributed by atoms with Crippen LogP contribution in [-0.2, 0) is 6.54 Å². The molecule has 0 aliphatic rings. The van der Waals surface area contributed by atoms with Crippen molar-refractivity contribution in [1.82, 2.24) is 9.78 Å². The first-order valence-electron chi connectivity index (χ1n) is 5.75. The van der Waals surface area contributed by atoms with Crippen LogP contribution in [0.25, 0.3) is 0 Å². The van der Waals surface area contributed by atoms with E-state index in [-0.39, 0.29) is 5.56 Å². The smallest absolute Gasteiger partial charge is 0.269 e. The van der Waals surface area contributed by atoms with Crippen molar-refractivity contribution in [2.75, 3.05) is 11.9 Å². The van der Waals surface area contributed by atoms with Crippen molar-refractivity contribution in [1.29, 1.82) is 0 Å². The van der Waals surface area contributed by atoms with Crippen molar-refractivity contribution in [2.45, 2.75) is 13.5 Å². The van der Waals surface area contributed by atoms with E-state index >= 15 is 0 Å². The van der Waals surface area contributed by atoms with Gasteiger partial charge in [0.15, 0.2) is 0 Å². The maximum Gasteiger partial charge on any atom is 0.269 e. The second kappa shape index (κ2) is 5.69. The van der Waals surface area contributed by atoms with Crippen molar-refractivity contribution >= 4 is 17.3 Å². The van der Waals surface area contributed by atoms with Crippen LogP contribution in [-0.4, -0.2) is 16.3 Å². The van der Waals surface area contributed by atoms with Crippen LogP contribution < -0.4 is 10.9 Å². The highest BCUT2D eigenvalue weighted by Gasteiger charge is 2.03. The van der Waals surface area contributed by atoms with Crippen LogP contribution in [0.15, 0.2) is 41.3 Å². The van der Waals surface area contributed by atoms with E-state index in [2.05, 4.69) is 10.4 Å². The summed E-state index contributed by atoms with van der Waals surface area (Å²) in [5.74, 6) is 0. The van der Waals surface area contributed by atoms with Crippen LogP contribution in [0.3, 0.4) is 0 Å². The number of hydrogen-bond donors (Lipinski definition) is 1. The van der Waals surface area contributed by atoms with Crippen LogP contribution in [0, 0.1) is 0 Å². The van der Waals surface area contributed by atoms with E-state index < -0.39 is 0 Å². The first kappa shape index (κ1) is 12.6. The summed E-state index contributed by atoms with van der Waals surface area (Å²) in [6.07, 6.45) is 1.64. The lowest BCUT2D eigenvalue weighted by Gasteiger charge is -2.07. The Bertz CT molecular complexity index is 595. The van der Waals surface area contributed by atoms with Gasteiger partial charge in [0.1, 0.15) is 0 Å². The Hall–Kier alpha value is -1.81. The molecule has 0 atom stereocenters. The third-order valence-corrected chi connectivity index (χ3v) is 2.90. The standard InChI is InChI=1S/C13H14ClN3O/c1-2-15-11-7-13(18)17(16-8-11)9-10-5-3-4-6-12(10)14/h3-8,15H,2,9H2,1H3. The molecule has 18 heavy (non-hydrogen) atoms. The highest BCUT2D eigenvalue weighted by atomic mass is 35.5. The second-order valence-electron chi connectivity index (χ2n) is 3.86. The lowest BCUT2D eigenvalue weighted by atomic mass is 10.2. The van der Waals surface area contributed by atoms with Crippen LogP contribution in [0.2, 0.25) is 5.02 Å². The largest absolute Gasteiger partial charge is 0.384 e. The van der Waals surface area contributed by atoms with Gasteiger partial charge in [-0.05, 0) is 18.6 Å². The Morgan fingerprint density at radius 2 is 2.17 bits per heavy atom. The molecule has 0 spiro atoms. The zero-order valence-corrected chi connectivity index (χ0v) is 10.8. The van der Waals surface area contributed by atoms with E-state index in [0.29, 0.717) is 11.6 Å². The number of anilines is 1. The highest BCUT2D eigenvalue weighted by molar-refractivity contribution is 6.31. The molecule has 0 aliphatic heterocycles. The second-order valence-corrected chi connectivity index (χ2v) is 4.27. The molecule has 1 aromatic heterocycles. The number of nitrogens with zero attached hydrogens (tertiary/aromatic N) is 2. The first-order chi connectivity index (χ1) is 8.70. The zero-order valence-electron chi connectivity index (χ0n) is 10.1. The van der Waals surface area contributed by atoms with Gasteiger partial charge in [-0.3, -0.25) is 4.79 Å². The molecule has 1 aromatic carbocycles. The summed E-state index contributed by atoms with van der Waals surface area (Å²) in [5.41, 5.74) is 1.47. The third kappa shape index (κ3) is 2.90. The van der Waals surface area contributed by atoms with Gasteiger partial charge >= 0.3 is 0 Å². The summed E-state index contributed by atoms with van der Waals surface area (Å²) >= 11 is 6.05. The van der Waals surface area contributed by atoms with Gasteiger partial charge in [0.25, 0.3) is 5.56 Å². The summed E-state index contributed by atoms with van der Waals surface area (Å²) in [6.45, 7) is 3.11. The zero-order chi connectivity index (χ0) is 13.0. The SMILES string of the molecule is CCNc1cnn(Cc2ccccc2Cl)c(=O)c1. The Kier molecular flexibility index (Phi) is 3.99. The fourth-order valence-corrected chi connectivity index (χ4v) is 1.84. The Labute approximate surface area is 110 Å². The van der Waals surface area contributed by atoms with Crippen molar-refractivity contribution in [3.8, 4) is 0 Å². The van der Waals surface area contributed by atoms with E-state index in [1.54, 1.807) is 12.3 Å². The molecule has 2 rings (SSSR count). The van der Waals surface area contributed by atoms with Crippen LogP contribution in [0.1, 0.15) is 12.5 Å². The molecule has 0 amide bonds. The molecule has 0 aliphatic carbocycles. The van der Waals surface area contributed by atoms with Gasteiger partial charge in [-0.1, -0.05) is 29.8 Å². The monoisotopic (exact) mass is 263 g/mol. The van der Waals surface area contributed by atoms with Crippen molar-refractivity contribution in [3.05, 3.63) is 57.5 Å². The topological polar surface area (TPSA) is 46.9 Å². The summed E-state index contributed by atoms with van der Waals surface area (Å²) in [7, 11) is 0. The van der Waals surface area contributed by atoms with Crippen molar-refractivity contribution < 1.29 is 0 Å². The summed E-state index contributed by atoms with van der Waals surface area (Å²) in [5, 5.41) is 7.81. The Morgan fingerprint density at radius 1 is 1.39 bits per heavy atom. The van der Waals surface area contributed by atoms with Crippen molar-refractivity contribution in [2.24, 2.45) is 0 Å². The van der Waals surface area contributed by atoms with Gasteiger partial charge < -0.3 is 5.32 Å². The first-order valence-corrected chi connectivity index (χ1v) is 6.13. The molecule has 0 saturated heterocycles. The fourth-order valence-electron chi connectivity index (χ4n) is 1.64. The Morgan fingerprint density at radius 3 is 2.83 bits per heavy atom. The minimum atomic E-state index is -0.145. The van der Waals surface area contributed by atoms with E-state index in [4.69, 9.17) is 11.6 Å². The molecular weight excluding hydrogens is 250 g/mol. The third-order valence-electron chi connectivity index (χ3n) is 2.53. The van der Waals surface area contributed by atoms with Gasteiger partial charge in [-0.15, -0.1) is 0 Å². The predicted molar refractivity (Wildman–Crippen MR) is 73.2 cm³/mol. The number of nitrogens with one attached hydrogen (secondary N) is 1. The van der Waals surface area contributed by atoms with E-state index in [9.17, 15) is 4.79 Å². The molecule has 0 saturated carbocycles. The average molecular weight is 264 g/mol. The molecule has 1 N–H and O–H groups in total. The van der Waals surface area contributed by atoms with Crippen LogP contribution >= 0.6 is 11.6 Å². The molecule has 0 fully saturated rings. The Balaban J connectivity index is 2.25. The molecule has 1 heterocycles. The minimum Gasteiger partial charge on any atom is -0.384 e. The quantitative estimate of drug-likeness (QED) is 0.921. The molecule has 5 heteroatoms. The summed E-state index contributed by atoms with van der Waals surface area (Å²) in [6, 6.07) is 8.96. The van der Waals surface area contributed by atoms with E-state index in [0.717, 1.165) is 17.8 Å². The van der Waals surface area contributed by atoms with E-state index in [1.165, 1.54) is 10.7 Å².